The Morgan fingerprint density at radius 3 is 2.85 bits per heavy atom. The number of anilines is 1. The first-order valence-electron chi connectivity index (χ1n) is 12.0. The van der Waals surface area contributed by atoms with Gasteiger partial charge in [-0.2, -0.15) is 5.10 Å². The third kappa shape index (κ3) is 5.09. The molecule has 2 amide bonds. The van der Waals surface area contributed by atoms with Gasteiger partial charge in [0.25, 0.3) is 11.8 Å². The molecule has 5 rings (SSSR count). The molecular weight excluding hydrogens is 578 g/mol. The van der Waals surface area contributed by atoms with Crippen LogP contribution in [0.3, 0.4) is 0 Å². The van der Waals surface area contributed by atoms with E-state index >= 15 is 0 Å². The molecule has 17 heteroatoms. The summed E-state index contributed by atoms with van der Waals surface area (Å²) in [5, 5.41) is 31.6. The monoisotopic (exact) mass is 601 g/mol. The number of amides is 2. The number of nitrogens with two attached hydrogens (primary N) is 1. The third-order valence-electron chi connectivity index (χ3n) is 6.57. The van der Waals surface area contributed by atoms with Crippen molar-refractivity contribution in [2.75, 3.05) is 18.6 Å². The van der Waals surface area contributed by atoms with E-state index in [1.807, 2.05) is 24.4 Å². The van der Waals surface area contributed by atoms with E-state index in [4.69, 9.17) is 15.3 Å². The SMILES string of the molecule is COC(C)(O/N=C(\C(=O)N[C@@H]1C(=O)N2C(C(=O)[O-])=C(Cc3c[nH][n+]4ccccc34)CS[C@H]12)c1csc(N)n1)C(=O)O. The molecule has 0 radical (unpaired) electrons. The molecule has 3 aromatic heterocycles. The van der Waals surface area contributed by atoms with Crippen LogP contribution in [0.1, 0.15) is 18.2 Å². The molecule has 0 aliphatic carbocycles. The Hall–Kier alpha value is -4.48. The highest BCUT2D eigenvalue weighted by atomic mass is 32.2. The number of carboxylic acid groups (broad SMARTS) is 2. The van der Waals surface area contributed by atoms with Crippen LogP contribution < -0.4 is 20.7 Å². The first-order chi connectivity index (χ1) is 19.5. The highest BCUT2D eigenvalue weighted by molar-refractivity contribution is 8.00. The molecule has 1 saturated heterocycles. The van der Waals surface area contributed by atoms with Gasteiger partial charge in [0.15, 0.2) is 17.0 Å². The Balaban J connectivity index is 1.38. The summed E-state index contributed by atoms with van der Waals surface area (Å²) >= 11 is 2.28. The van der Waals surface area contributed by atoms with Gasteiger partial charge in [-0.05, 0) is 11.6 Å². The van der Waals surface area contributed by atoms with Crippen molar-refractivity contribution >= 4 is 63.2 Å². The fraction of sp³-hybridized carbons (Fsp3) is 0.292. The van der Waals surface area contributed by atoms with Crippen LogP contribution in [0, 0.1) is 0 Å². The molecular formula is C24H23N7O8S2. The average molecular weight is 602 g/mol. The number of rotatable bonds is 10. The number of thioether (sulfide) groups is 1. The van der Waals surface area contributed by atoms with Crippen LogP contribution in [-0.2, 0) is 35.2 Å². The average Bonchev–Trinajstić information content (AvgIpc) is 3.57. The number of hydrogen-bond acceptors (Lipinski definition) is 12. The van der Waals surface area contributed by atoms with Crippen molar-refractivity contribution in [3.8, 4) is 0 Å². The third-order valence-corrected chi connectivity index (χ3v) is 8.58. The van der Waals surface area contributed by atoms with E-state index in [9.17, 15) is 29.4 Å². The molecule has 0 aromatic carbocycles. The number of nitrogens with one attached hydrogen (secondary N) is 2. The lowest BCUT2D eigenvalue weighted by molar-refractivity contribution is -0.576. The van der Waals surface area contributed by atoms with E-state index in [1.54, 1.807) is 10.7 Å². The van der Waals surface area contributed by atoms with Gasteiger partial charge >= 0.3 is 11.8 Å². The number of carboxylic acids is 2. The van der Waals surface area contributed by atoms with Gasteiger partial charge in [-0.3, -0.25) is 14.5 Å². The van der Waals surface area contributed by atoms with Gasteiger partial charge in [-0.1, -0.05) is 9.67 Å². The fourth-order valence-electron chi connectivity index (χ4n) is 4.32. The van der Waals surface area contributed by atoms with Gasteiger partial charge in [0, 0.05) is 43.7 Å². The molecule has 41 heavy (non-hydrogen) atoms. The Labute approximate surface area is 239 Å². The van der Waals surface area contributed by atoms with Crippen molar-refractivity contribution in [1.82, 2.24) is 20.3 Å². The highest BCUT2D eigenvalue weighted by Crippen LogP contribution is 2.41. The van der Waals surface area contributed by atoms with Crippen LogP contribution in [-0.4, -0.2) is 79.6 Å². The minimum absolute atomic E-state index is 0.0250. The maximum absolute atomic E-state index is 13.3. The lowest BCUT2D eigenvalue weighted by Crippen LogP contribution is -2.71. The zero-order chi connectivity index (χ0) is 29.5. The maximum Gasteiger partial charge on any atom is 0.379 e. The number of hydrogen-bond donors (Lipinski definition) is 4. The summed E-state index contributed by atoms with van der Waals surface area (Å²) < 4.78 is 6.63. The number of nitrogen functional groups attached to an aromatic ring is 1. The van der Waals surface area contributed by atoms with Crippen molar-refractivity contribution in [3.63, 3.8) is 0 Å². The smallest absolute Gasteiger partial charge is 0.379 e. The number of oxime groups is 1. The summed E-state index contributed by atoms with van der Waals surface area (Å²) in [5.41, 5.74) is 7.16. The summed E-state index contributed by atoms with van der Waals surface area (Å²) in [7, 11) is 1.08. The number of fused-ring (bicyclic) bond motifs is 2. The summed E-state index contributed by atoms with van der Waals surface area (Å²) in [6.45, 7) is 1.08. The molecule has 5 heterocycles. The van der Waals surface area contributed by atoms with E-state index in [1.165, 1.54) is 17.1 Å². The van der Waals surface area contributed by atoms with Gasteiger partial charge in [0.05, 0.1) is 23.4 Å². The zero-order valence-corrected chi connectivity index (χ0v) is 23.2. The second-order valence-corrected chi connectivity index (χ2v) is 11.1. The summed E-state index contributed by atoms with van der Waals surface area (Å²) in [5.74, 6) is -6.54. The molecule has 0 bridgehead atoms. The van der Waals surface area contributed by atoms with Crippen LogP contribution in [0.15, 0.2) is 52.4 Å². The predicted octanol–water partition coefficient (Wildman–Crippen LogP) is -1.39. The summed E-state index contributed by atoms with van der Waals surface area (Å²) in [4.78, 5) is 60.3. The largest absolute Gasteiger partial charge is 0.543 e. The van der Waals surface area contributed by atoms with E-state index in [2.05, 4.69) is 20.6 Å². The van der Waals surface area contributed by atoms with Crippen molar-refractivity contribution in [3.05, 3.63) is 58.5 Å². The Bertz CT molecular complexity index is 1630. The number of pyridine rings is 1. The molecule has 1 unspecified atom stereocenters. The number of methoxy groups -OCH3 is 1. The number of aliphatic carboxylic acids is 2. The molecule has 5 N–H and O–H groups in total. The van der Waals surface area contributed by atoms with Gasteiger partial charge in [0.1, 0.15) is 17.1 Å². The molecule has 0 saturated carbocycles. The number of aromatic nitrogens is 3. The number of β-lactam (4-membered cyclic amide) rings is 1. The molecule has 0 spiro atoms. The second-order valence-electron chi connectivity index (χ2n) is 9.09. The van der Waals surface area contributed by atoms with E-state index < -0.39 is 46.7 Å². The lowest BCUT2D eigenvalue weighted by Gasteiger charge is -2.50. The predicted molar refractivity (Wildman–Crippen MR) is 142 cm³/mol. The van der Waals surface area contributed by atoms with E-state index in [0.29, 0.717) is 5.57 Å². The van der Waals surface area contributed by atoms with Crippen LogP contribution in [0.4, 0.5) is 5.13 Å². The van der Waals surface area contributed by atoms with Gasteiger partial charge in [0.2, 0.25) is 5.52 Å². The van der Waals surface area contributed by atoms with Crippen LogP contribution in [0.25, 0.3) is 5.52 Å². The van der Waals surface area contributed by atoms with Crippen molar-refractivity contribution in [1.29, 1.82) is 0 Å². The number of aromatic amines is 1. The second kappa shape index (κ2) is 10.8. The summed E-state index contributed by atoms with van der Waals surface area (Å²) in [6.07, 6.45) is 3.85. The first-order valence-corrected chi connectivity index (χ1v) is 13.9. The molecule has 3 aromatic rings. The van der Waals surface area contributed by atoms with E-state index in [-0.39, 0.29) is 28.7 Å². The molecule has 3 atom stereocenters. The minimum atomic E-state index is -2.22. The highest BCUT2D eigenvalue weighted by Gasteiger charge is 2.53. The number of carbonyl (C=O) groups excluding carboxylic acids is 3. The van der Waals surface area contributed by atoms with E-state index in [0.717, 1.165) is 41.4 Å². The first kappa shape index (κ1) is 28.1. The quantitative estimate of drug-likeness (QED) is 0.0697. The minimum Gasteiger partial charge on any atom is -0.543 e. The Morgan fingerprint density at radius 2 is 2.20 bits per heavy atom. The molecule has 15 nitrogen and oxygen atoms in total. The normalized spacial score (nSPS) is 20.3. The number of nitrogens with zero attached hydrogens (tertiary/aromatic N) is 4. The van der Waals surface area contributed by atoms with Gasteiger partial charge in [-0.25, -0.2) is 9.78 Å². The fourth-order valence-corrected chi connectivity index (χ4v) is 6.22. The molecule has 2 aliphatic rings. The molecule has 214 valence electrons. The zero-order valence-electron chi connectivity index (χ0n) is 21.5. The number of ether oxygens (including phenoxy) is 1. The number of H-pyrrole nitrogens is 1. The lowest BCUT2D eigenvalue weighted by atomic mass is 9.99. The van der Waals surface area contributed by atoms with Crippen LogP contribution in [0.5, 0.6) is 0 Å². The van der Waals surface area contributed by atoms with Crippen LogP contribution in [0.2, 0.25) is 0 Å². The Morgan fingerprint density at radius 1 is 1.41 bits per heavy atom. The standard InChI is InChI=1S/C24H23N7O8S2/c1-24(38-2,22(36)37)39-29-15(13-10-41-23(25)27-13)18(32)28-16-19(33)31-17(21(34)35)12(9-40-20(16)31)7-11-8-26-30-6-4-3-5-14(11)30/h3-6,8,10,16,20H,7,9H2,1-2H3,(H5,25,27,28,32,34,35,36,37)/b29-15-/t16-,20-,24?/m1/s1. The topological polar surface area (TPSA) is 216 Å². The van der Waals surface area contributed by atoms with Gasteiger partial charge < -0.3 is 35.6 Å². The summed E-state index contributed by atoms with van der Waals surface area (Å²) in [6, 6.07) is 4.48. The van der Waals surface area contributed by atoms with Crippen molar-refractivity contribution < 1.29 is 43.5 Å². The van der Waals surface area contributed by atoms with Crippen molar-refractivity contribution in [2.45, 2.75) is 30.5 Å². The maximum atomic E-state index is 13.3. The molecule has 1 fully saturated rings. The Kier molecular flexibility index (Phi) is 7.41. The van der Waals surface area contributed by atoms with Crippen LogP contribution >= 0.6 is 23.1 Å². The number of carbonyl (C=O) groups is 4. The van der Waals surface area contributed by atoms with Crippen molar-refractivity contribution in [2.24, 2.45) is 5.16 Å². The van der Waals surface area contributed by atoms with Gasteiger partial charge in [-0.15, -0.1) is 23.1 Å². The molecule has 2 aliphatic heterocycles. The number of thiazole rings is 1.